The molecule has 0 atom stereocenters. The Hall–Kier alpha value is -0.970. The molecule has 0 bridgehead atoms. The fraction of sp³-hybridized carbons (Fsp3) is 0.417. The molecule has 0 fully saturated rings. The van der Waals surface area contributed by atoms with Crippen molar-refractivity contribution in [2.45, 2.75) is 26.2 Å². The standard InChI is InChI=1S/C12H13BrF2O2/c1-11(2,10(16)17)7-12(14,15)8-3-5-9(13)6-4-8/h3-6H,7H2,1-2H3,(H,16,17). The maximum Gasteiger partial charge on any atom is 0.309 e. The average Bonchev–Trinajstić information content (AvgIpc) is 2.16. The number of benzene rings is 1. The summed E-state index contributed by atoms with van der Waals surface area (Å²) in [6.45, 7) is 2.59. The van der Waals surface area contributed by atoms with Gasteiger partial charge in [-0.05, 0) is 26.0 Å². The van der Waals surface area contributed by atoms with Gasteiger partial charge in [0.15, 0.2) is 0 Å². The average molecular weight is 307 g/mol. The highest BCUT2D eigenvalue weighted by atomic mass is 79.9. The molecular formula is C12H13BrF2O2. The molecule has 0 unspecified atom stereocenters. The number of hydrogen-bond donors (Lipinski definition) is 1. The molecule has 94 valence electrons. The van der Waals surface area contributed by atoms with Crippen LogP contribution in [-0.2, 0) is 10.7 Å². The number of hydrogen-bond acceptors (Lipinski definition) is 1. The zero-order valence-electron chi connectivity index (χ0n) is 9.51. The molecule has 1 aromatic carbocycles. The van der Waals surface area contributed by atoms with E-state index >= 15 is 0 Å². The van der Waals surface area contributed by atoms with Crippen molar-refractivity contribution in [3.63, 3.8) is 0 Å². The monoisotopic (exact) mass is 306 g/mol. The largest absolute Gasteiger partial charge is 0.481 e. The third-order valence-corrected chi connectivity index (χ3v) is 3.04. The smallest absolute Gasteiger partial charge is 0.309 e. The third kappa shape index (κ3) is 3.49. The van der Waals surface area contributed by atoms with Gasteiger partial charge in [0.05, 0.1) is 5.41 Å². The van der Waals surface area contributed by atoms with Crippen LogP contribution in [0.5, 0.6) is 0 Å². The molecule has 0 aliphatic heterocycles. The first-order valence-corrected chi connectivity index (χ1v) is 5.82. The Kier molecular flexibility index (Phi) is 3.91. The van der Waals surface area contributed by atoms with Crippen LogP contribution in [0.2, 0.25) is 0 Å². The zero-order chi connectivity index (χ0) is 13.3. The second-order valence-electron chi connectivity index (χ2n) is 4.58. The molecule has 17 heavy (non-hydrogen) atoms. The van der Waals surface area contributed by atoms with E-state index in [1.165, 1.54) is 38.1 Å². The number of halogens is 3. The first-order chi connectivity index (χ1) is 7.65. The Morgan fingerprint density at radius 2 is 1.76 bits per heavy atom. The molecule has 0 aliphatic carbocycles. The molecule has 0 heterocycles. The minimum Gasteiger partial charge on any atom is -0.481 e. The summed E-state index contributed by atoms with van der Waals surface area (Å²) in [6.07, 6.45) is -0.725. The van der Waals surface area contributed by atoms with E-state index in [2.05, 4.69) is 15.9 Å². The summed E-state index contributed by atoms with van der Waals surface area (Å²) < 4.78 is 28.4. The molecule has 0 aromatic heterocycles. The molecule has 1 rings (SSSR count). The lowest BCUT2D eigenvalue weighted by molar-refractivity contribution is -0.153. The number of aliphatic carboxylic acids is 1. The van der Waals surface area contributed by atoms with E-state index in [0.29, 0.717) is 4.47 Å². The molecule has 1 N–H and O–H groups in total. The lowest BCUT2D eigenvalue weighted by Crippen LogP contribution is -2.31. The van der Waals surface area contributed by atoms with Crippen LogP contribution in [0, 0.1) is 5.41 Å². The van der Waals surface area contributed by atoms with Crippen molar-refractivity contribution in [2.75, 3.05) is 0 Å². The summed E-state index contributed by atoms with van der Waals surface area (Å²) in [5.74, 6) is -4.38. The maximum atomic E-state index is 13.9. The van der Waals surface area contributed by atoms with Gasteiger partial charge in [-0.1, -0.05) is 28.1 Å². The predicted octanol–water partition coefficient (Wildman–Crippen LogP) is 4.04. The molecule has 0 radical (unpaired) electrons. The van der Waals surface area contributed by atoms with Crippen LogP contribution >= 0.6 is 15.9 Å². The number of alkyl halides is 2. The summed E-state index contributed by atoms with van der Waals surface area (Å²) in [5, 5.41) is 8.85. The van der Waals surface area contributed by atoms with E-state index < -0.39 is 23.7 Å². The summed E-state index contributed by atoms with van der Waals surface area (Å²) in [7, 11) is 0. The molecule has 0 amide bonds. The fourth-order valence-electron chi connectivity index (χ4n) is 1.43. The van der Waals surface area contributed by atoms with Gasteiger partial charge < -0.3 is 5.11 Å². The molecule has 1 aromatic rings. The van der Waals surface area contributed by atoms with Crippen molar-refractivity contribution in [3.05, 3.63) is 34.3 Å². The minimum absolute atomic E-state index is 0.171. The summed E-state index contributed by atoms with van der Waals surface area (Å²) in [6, 6.07) is 5.61. The van der Waals surface area contributed by atoms with Gasteiger partial charge in [-0.25, -0.2) is 8.78 Å². The maximum absolute atomic E-state index is 13.9. The molecule has 0 saturated heterocycles. The van der Waals surface area contributed by atoms with E-state index in [1.54, 1.807) is 0 Å². The Morgan fingerprint density at radius 3 is 2.18 bits per heavy atom. The van der Waals surface area contributed by atoms with E-state index in [-0.39, 0.29) is 5.56 Å². The first kappa shape index (κ1) is 14.1. The third-order valence-electron chi connectivity index (χ3n) is 2.51. The van der Waals surface area contributed by atoms with Crippen LogP contribution in [0.15, 0.2) is 28.7 Å². The summed E-state index contributed by atoms with van der Waals surface area (Å²) >= 11 is 3.16. The van der Waals surface area contributed by atoms with Gasteiger partial charge >= 0.3 is 5.97 Å². The van der Waals surface area contributed by atoms with E-state index in [1.807, 2.05) is 0 Å². The highest BCUT2D eigenvalue weighted by Gasteiger charge is 2.42. The van der Waals surface area contributed by atoms with Gasteiger partial charge in [0.25, 0.3) is 5.92 Å². The highest BCUT2D eigenvalue weighted by Crippen LogP contribution is 2.40. The van der Waals surface area contributed by atoms with Crippen LogP contribution in [0.3, 0.4) is 0 Å². The van der Waals surface area contributed by atoms with Crippen molar-refractivity contribution in [1.82, 2.24) is 0 Å². The van der Waals surface area contributed by atoms with Crippen LogP contribution in [0.25, 0.3) is 0 Å². The van der Waals surface area contributed by atoms with Crippen molar-refractivity contribution >= 4 is 21.9 Å². The minimum atomic E-state index is -3.15. The van der Waals surface area contributed by atoms with E-state index in [4.69, 9.17) is 5.11 Å². The van der Waals surface area contributed by atoms with Gasteiger partial charge in [0.2, 0.25) is 0 Å². The Bertz CT molecular complexity index is 413. The number of carboxylic acids is 1. The summed E-state index contributed by atoms with van der Waals surface area (Å²) in [5.41, 5.74) is -1.63. The summed E-state index contributed by atoms with van der Waals surface area (Å²) in [4.78, 5) is 10.8. The Balaban J connectivity index is 2.96. The van der Waals surface area contributed by atoms with Gasteiger partial charge in [0.1, 0.15) is 0 Å². The molecule has 2 nitrogen and oxygen atoms in total. The van der Waals surface area contributed by atoms with Gasteiger partial charge in [-0.15, -0.1) is 0 Å². The lowest BCUT2D eigenvalue weighted by Gasteiger charge is -2.26. The molecular weight excluding hydrogens is 294 g/mol. The second kappa shape index (κ2) is 4.72. The van der Waals surface area contributed by atoms with Crippen molar-refractivity contribution in [2.24, 2.45) is 5.41 Å². The van der Waals surface area contributed by atoms with Gasteiger partial charge in [-0.3, -0.25) is 4.79 Å². The van der Waals surface area contributed by atoms with Gasteiger partial charge in [-0.2, -0.15) is 0 Å². The van der Waals surface area contributed by atoms with Crippen LogP contribution in [0.4, 0.5) is 8.78 Å². The zero-order valence-corrected chi connectivity index (χ0v) is 11.1. The van der Waals surface area contributed by atoms with Crippen molar-refractivity contribution in [3.8, 4) is 0 Å². The molecule has 0 aliphatic rings. The van der Waals surface area contributed by atoms with E-state index in [9.17, 15) is 13.6 Å². The number of carboxylic acid groups (broad SMARTS) is 1. The molecule has 0 spiro atoms. The van der Waals surface area contributed by atoms with Crippen molar-refractivity contribution in [1.29, 1.82) is 0 Å². The van der Waals surface area contributed by atoms with Crippen molar-refractivity contribution < 1.29 is 18.7 Å². The fourth-order valence-corrected chi connectivity index (χ4v) is 1.69. The Labute approximate surface area is 107 Å². The quantitative estimate of drug-likeness (QED) is 0.911. The van der Waals surface area contributed by atoms with Crippen LogP contribution in [0.1, 0.15) is 25.8 Å². The lowest BCUT2D eigenvalue weighted by atomic mass is 9.84. The van der Waals surface area contributed by atoms with Crippen LogP contribution < -0.4 is 0 Å². The van der Waals surface area contributed by atoms with Crippen LogP contribution in [-0.4, -0.2) is 11.1 Å². The number of rotatable bonds is 4. The second-order valence-corrected chi connectivity index (χ2v) is 5.49. The highest BCUT2D eigenvalue weighted by molar-refractivity contribution is 9.10. The topological polar surface area (TPSA) is 37.3 Å². The number of carbonyl (C=O) groups is 1. The SMILES string of the molecule is CC(C)(CC(F)(F)c1ccc(Br)cc1)C(=O)O. The molecule has 5 heteroatoms. The molecule has 0 saturated carbocycles. The predicted molar refractivity (Wildman–Crippen MR) is 64.1 cm³/mol. The first-order valence-electron chi connectivity index (χ1n) is 5.02. The Morgan fingerprint density at radius 1 is 1.29 bits per heavy atom. The van der Waals surface area contributed by atoms with E-state index in [0.717, 1.165) is 0 Å². The normalized spacial score (nSPS) is 12.5. The van der Waals surface area contributed by atoms with Gasteiger partial charge in [0, 0.05) is 16.5 Å².